The highest BCUT2D eigenvalue weighted by Crippen LogP contribution is 2.23. The molecule has 2 heterocycles. The molecule has 0 radical (unpaired) electrons. The summed E-state index contributed by atoms with van der Waals surface area (Å²) in [7, 11) is 0. The molecule has 3 rings (SSSR count). The molecule has 1 N–H and O–H groups in total. The standard InChI is InChI=1S/C18H18N2O3/c1-12-4-6-13(7-5-12)14-9-15(11-19-10-14)17(21)20-8-2-3-16(20)18(22)23/h4-7,9-11,16H,2-3,8H2,1H3,(H,22,23). The van der Waals surface area contributed by atoms with E-state index in [1.165, 1.54) is 11.1 Å². The van der Waals surface area contributed by atoms with Gasteiger partial charge in [-0.05, 0) is 31.4 Å². The minimum atomic E-state index is -0.946. The Balaban J connectivity index is 1.89. The van der Waals surface area contributed by atoms with Crippen molar-refractivity contribution < 1.29 is 14.7 Å². The summed E-state index contributed by atoms with van der Waals surface area (Å²) in [5, 5.41) is 9.23. The summed E-state index contributed by atoms with van der Waals surface area (Å²) in [6.07, 6.45) is 4.43. The fourth-order valence-electron chi connectivity index (χ4n) is 2.89. The van der Waals surface area contributed by atoms with Crippen molar-refractivity contribution in [3.63, 3.8) is 0 Å². The Hall–Kier alpha value is -2.69. The third-order valence-corrected chi connectivity index (χ3v) is 4.17. The number of aryl methyl sites for hydroxylation is 1. The highest BCUT2D eigenvalue weighted by molar-refractivity contribution is 5.97. The molecule has 2 aromatic rings. The molecule has 118 valence electrons. The van der Waals surface area contributed by atoms with Gasteiger partial charge in [0.1, 0.15) is 6.04 Å². The lowest BCUT2D eigenvalue weighted by Crippen LogP contribution is -2.40. The fourth-order valence-corrected chi connectivity index (χ4v) is 2.89. The number of carboxylic acid groups (broad SMARTS) is 1. The minimum absolute atomic E-state index is 0.267. The van der Waals surface area contributed by atoms with E-state index < -0.39 is 12.0 Å². The van der Waals surface area contributed by atoms with Crippen molar-refractivity contribution in [2.24, 2.45) is 0 Å². The summed E-state index contributed by atoms with van der Waals surface area (Å²) in [4.78, 5) is 29.5. The van der Waals surface area contributed by atoms with Gasteiger partial charge in [-0.3, -0.25) is 9.78 Å². The Kier molecular flexibility index (Phi) is 4.10. The molecule has 1 unspecified atom stereocenters. The minimum Gasteiger partial charge on any atom is -0.480 e. The SMILES string of the molecule is Cc1ccc(-c2cncc(C(=O)N3CCCC3C(=O)O)c2)cc1. The molecule has 1 fully saturated rings. The van der Waals surface area contributed by atoms with Crippen molar-refractivity contribution in [3.05, 3.63) is 53.9 Å². The third kappa shape index (κ3) is 3.08. The van der Waals surface area contributed by atoms with Crippen molar-refractivity contribution in [3.8, 4) is 11.1 Å². The average Bonchev–Trinajstić information content (AvgIpc) is 3.05. The fraction of sp³-hybridized carbons (Fsp3) is 0.278. The Morgan fingerprint density at radius 1 is 1.17 bits per heavy atom. The van der Waals surface area contributed by atoms with Crippen LogP contribution < -0.4 is 0 Å². The zero-order valence-electron chi connectivity index (χ0n) is 12.9. The number of likely N-dealkylation sites (tertiary alicyclic amines) is 1. The van der Waals surface area contributed by atoms with Crippen molar-refractivity contribution in [2.45, 2.75) is 25.8 Å². The predicted molar refractivity (Wildman–Crippen MR) is 86.1 cm³/mol. The summed E-state index contributed by atoms with van der Waals surface area (Å²) in [6, 6.07) is 9.02. The highest BCUT2D eigenvalue weighted by atomic mass is 16.4. The lowest BCUT2D eigenvalue weighted by atomic mass is 10.0. The van der Waals surface area contributed by atoms with E-state index in [0.717, 1.165) is 16.7 Å². The molecule has 0 aliphatic carbocycles. The second-order valence-corrected chi connectivity index (χ2v) is 5.82. The number of carboxylic acids is 1. The van der Waals surface area contributed by atoms with Gasteiger partial charge < -0.3 is 10.0 Å². The molecule has 1 atom stereocenters. The van der Waals surface area contributed by atoms with Crippen LogP contribution in [0.25, 0.3) is 11.1 Å². The molecule has 1 aliphatic heterocycles. The quantitative estimate of drug-likeness (QED) is 0.946. The highest BCUT2D eigenvalue weighted by Gasteiger charge is 2.34. The molecule has 0 saturated carbocycles. The van der Waals surface area contributed by atoms with Crippen LogP contribution in [0.1, 0.15) is 28.8 Å². The number of rotatable bonds is 3. The van der Waals surface area contributed by atoms with Gasteiger partial charge >= 0.3 is 5.97 Å². The zero-order chi connectivity index (χ0) is 16.4. The molecule has 1 amide bonds. The van der Waals surface area contributed by atoms with E-state index in [2.05, 4.69) is 4.98 Å². The van der Waals surface area contributed by atoms with Gasteiger partial charge in [-0.15, -0.1) is 0 Å². The van der Waals surface area contributed by atoms with E-state index in [0.29, 0.717) is 24.9 Å². The van der Waals surface area contributed by atoms with Crippen LogP contribution in [-0.4, -0.2) is 39.5 Å². The van der Waals surface area contributed by atoms with Gasteiger partial charge in [0.2, 0.25) is 0 Å². The maximum Gasteiger partial charge on any atom is 0.326 e. The number of pyridine rings is 1. The molecule has 1 aromatic heterocycles. The van der Waals surface area contributed by atoms with Crippen LogP contribution in [0.2, 0.25) is 0 Å². The first kappa shape index (κ1) is 15.2. The van der Waals surface area contributed by atoms with E-state index in [-0.39, 0.29) is 5.91 Å². The normalized spacial score (nSPS) is 17.3. The van der Waals surface area contributed by atoms with Crippen LogP contribution >= 0.6 is 0 Å². The summed E-state index contributed by atoms with van der Waals surface area (Å²) in [6.45, 7) is 2.49. The number of aromatic nitrogens is 1. The van der Waals surface area contributed by atoms with Crippen LogP contribution in [0, 0.1) is 6.92 Å². The molecular weight excluding hydrogens is 292 g/mol. The van der Waals surface area contributed by atoms with E-state index in [9.17, 15) is 14.7 Å². The number of carbonyl (C=O) groups excluding carboxylic acids is 1. The molecule has 23 heavy (non-hydrogen) atoms. The smallest absolute Gasteiger partial charge is 0.326 e. The Morgan fingerprint density at radius 3 is 2.61 bits per heavy atom. The summed E-state index contributed by atoms with van der Waals surface area (Å²) in [5.74, 6) is -1.21. The summed E-state index contributed by atoms with van der Waals surface area (Å²) in [5.41, 5.74) is 3.42. The summed E-state index contributed by atoms with van der Waals surface area (Å²) < 4.78 is 0. The van der Waals surface area contributed by atoms with Crippen molar-refractivity contribution >= 4 is 11.9 Å². The lowest BCUT2D eigenvalue weighted by molar-refractivity contribution is -0.141. The van der Waals surface area contributed by atoms with Crippen LogP contribution in [0.4, 0.5) is 0 Å². The zero-order valence-corrected chi connectivity index (χ0v) is 12.9. The second kappa shape index (κ2) is 6.20. The lowest BCUT2D eigenvalue weighted by Gasteiger charge is -2.21. The summed E-state index contributed by atoms with van der Waals surface area (Å²) >= 11 is 0. The second-order valence-electron chi connectivity index (χ2n) is 5.82. The average molecular weight is 310 g/mol. The van der Waals surface area contributed by atoms with Gasteiger partial charge in [0.15, 0.2) is 0 Å². The first-order chi connectivity index (χ1) is 11.1. The van der Waals surface area contributed by atoms with Crippen LogP contribution in [0.5, 0.6) is 0 Å². The van der Waals surface area contributed by atoms with Gasteiger partial charge in [0, 0.05) is 24.5 Å². The van der Waals surface area contributed by atoms with Crippen LogP contribution in [0.3, 0.4) is 0 Å². The van der Waals surface area contributed by atoms with Crippen LogP contribution in [-0.2, 0) is 4.79 Å². The Bertz CT molecular complexity index is 740. The van der Waals surface area contributed by atoms with Gasteiger partial charge in [-0.2, -0.15) is 0 Å². The molecular formula is C18H18N2O3. The number of hydrogen-bond donors (Lipinski definition) is 1. The number of aliphatic carboxylic acids is 1. The molecule has 1 aromatic carbocycles. The molecule has 5 nitrogen and oxygen atoms in total. The van der Waals surface area contributed by atoms with E-state index in [1.807, 2.05) is 31.2 Å². The maximum atomic E-state index is 12.6. The van der Waals surface area contributed by atoms with E-state index >= 15 is 0 Å². The van der Waals surface area contributed by atoms with Gasteiger partial charge in [0.25, 0.3) is 5.91 Å². The van der Waals surface area contributed by atoms with Gasteiger partial charge in [-0.1, -0.05) is 29.8 Å². The monoisotopic (exact) mass is 310 g/mol. The molecule has 0 bridgehead atoms. The number of nitrogens with zero attached hydrogens (tertiary/aromatic N) is 2. The third-order valence-electron chi connectivity index (χ3n) is 4.17. The Morgan fingerprint density at radius 2 is 1.91 bits per heavy atom. The first-order valence-electron chi connectivity index (χ1n) is 7.62. The van der Waals surface area contributed by atoms with Gasteiger partial charge in [-0.25, -0.2) is 4.79 Å². The van der Waals surface area contributed by atoms with E-state index in [4.69, 9.17) is 0 Å². The maximum absolute atomic E-state index is 12.6. The molecule has 5 heteroatoms. The first-order valence-corrected chi connectivity index (χ1v) is 7.62. The molecule has 0 spiro atoms. The van der Waals surface area contributed by atoms with Gasteiger partial charge in [0.05, 0.1) is 5.56 Å². The number of hydrogen-bond acceptors (Lipinski definition) is 3. The topological polar surface area (TPSA) is 70.5 Å². The largest absolute Gasteiger partial charge is 0.480 e. The van der Waals surface area contributed by atoms with Crippen molar-refractivity contribution in [2.75, 3.05) is 6.54 Å². The molecule has 1 saturated heterocycles. The number of benzene rings is 1. The Labute approximate surface area is 134 Å². The van der Waals surface area contributed by atoms with Crippen molar-refractivity contribution in [1.82, 2.24) is 9.88 Å². The van der Waals surface area contributed by atoms with Crippen LogP contribution in [0.15, 0.2) is 42.7 Å². The van der Waals surface area contributed by atoms with E-state index in [1.54, 1.807) is 12.3 Å². The predicted octanol–water partition coefficient (Wildman–Crippen LogP) is 2.75. The molecule has 1 aliphatic rings. The number of carbonyl (C=O) groups is 2. The number of amides is 1. The van der Waals surface area contributed by atoms with Crippen molar-refractivity contribution in [1.29, 1.82) is 0 Å².